The number of carbonyl (C=O) groups excluding carboxylic acids is 2. The number of nitrogens with one attached hydrogen (secondary N) is 1. The van der Waals surface area contributed by atoms with Crippen LogP contribution in [0.15, 0.2) is 46.9 Å². The molecule has 1 N–H and O–H groups in total. The van der Waals surface area contributed by atoms with Crippen LogP contribution in [0.3, 0.4) is 0 Å². The van der Waals surface area contributed by atoms with Crippen molar-refractivity contribution < 1.29 is 23.1 Å². The highest BCUT2D eigenvalue weighted by Gasteiger charge is 2.24. The van der Waals surface area contributed by atoms with E-state index in [1.54, 1.807) is 24.3 Å². The van der Waals surface area contributed by atoms with Crippen LogP contribution in [0.1, 0.15) is 15.9 Å². The van der Waals surface area contributed by atoms with E-state index in [1.165, 1.54) is 13.2 Å². The van der Waals surface area contributed by atoms with Gasteiger partial charge >= 0.3 is 5.97 Å². The number of benzene rings is 2. The smallest absolute Gasteiger partial charge is 0.328 e. The zero-order valence-electron chi connectivity index (χ0n) is 12.7. The van der Waals surface area contributed by atoms with Crippen molar-refractivity contribution in [2.24, 2.45) is 0 Å². The van der Waals surface area contributed by atoms with Gasteiger partial charge < -0.3 is 10.1 Å². The molecule has 0 aliphatic heterocycles. The zero-order chi connectivity index (χ0) is 17.7. The van der Waals surface area contributed by atoms with E-state index >= 15 is 0 Å². The van der Waals surface area contributed by atoms with Gasteiger partial charge in [0.2, 0.25) is 0 Å². The number of ether oxygens (including phenoxy) is 1. The van der Waals surface area contributed by atoms with Gasteiger partial charge in [0.05, 0.1) is 12.7 Å². The summed E-state index contributed by atoms with van der Waals surface area (Å²) in [7, 11) is 1.19. The van der Waals surface area contributed by atoms with Gasteiger partial charge in [0.25, 0.3) is 5.91 Å². The van der Waals surface area contributed by atoms with E-state index in [4.69, 9.17) is 0 Å². The van der Waals surface area contributed by atoms with Gasteiger partial charge in [0, 0.05) is 10.9 Å². The molecule has 2 aromatic carbocycles. The number of rotatable bonds is 5. The molecule has 0 aliphatic carbocycles. The number of esters is 1. The van der Waals surface area contributed by atoms with Crippen molar-refractivity contribution in [1.82, 2.24) is 5.32 Å². The fourth-order valence-corrected chi connectivity index (χ4v) is 2.37. The van der Waals surface area contributed by atoms with Gasteiger partial charge in [-0.15, -0.1) is 0 Å². The number of methoxy groups -OCH3 is 1. The minimum atomic E-state index is -1.26. The molecule has 1 amide bonds. The molecule has 2 aromatic rings. The lowest BCUT2D eigenvalue weighted by Crippen LogP contribution is -2.43. The largest absolute Gasteiger partial charge is 0.467 e. The third kappa shape index (κ3) is 4.38. The Hall–Kier alpha value is -2.28. The third-order valence-electron chi connectivity index (χ3n) is 3.34. The Kier molecular flexibility index (Phi) is 6.03. The summed E-state index contributed by atoms with van der Waals surface area (Å²) in [4.78, 5) is 24.0. The number of amides is 1. The van der Waals surface area contributed by atoms with Crippen molar-refractivity contribution >= 4 is 27.8 Å². The Morgan fingerprint density at radius 1 is 1.17 bits per heavy atom. The summed E-state index contributed by atoms with van der Waals surface area (Å²) in [5, 5.41) is 2.38. The lowest BCUT2D eigenvalue weighted by Gasteiger charge is -2.17. The molecule has 126 valence electrons. The van der Waals surface area contributed by atoms with Crippen LogP contribution in [-0.2, 0) is 16.0 Å². The first-order valence-corrected chi connectivity index (χ1v) is 7.79. The number of halogens is 3. The summed E-state index contributed by atoms with van der Waals surface area (Å²) < 4.78 is 32.5. The van der Waals surface area contributed by atoms with Crippen molar-refractivity contribution in [3.8, 4) is 0 Å². The van der Waals surface area contributed by atoms with Crippen molar-refractivity contribution in [1.29, 1.82) is 0 Å². The maximum atomic E-state index is 13.7. The summed E-state index contributed by atoms with van der Waals surface area (Å²) >= 11 is 3.30. The Morgan fingerprint density at radius 3 is 2.46 bits per heavy atom. The fraction of sp³-hybridized carbons (Fsp3) is 0.176. The van der Waals surface area contributed by atoms with Crippen molar-refractivity contribution in [2.45, 2.75) is 12.5 Å². The second-order valence-corrected chi connectivity index (χ2v) is 5.90. The first-order chi connectivity index (χ1) is 11.4. The van der Waals surface area contributed by atoms with Gasteiger partial charge in [-0.3, -0.25) is 4.79 Å². The Morgan fingerprint density at radius 2 is 1.83 bits per heavy atom. The van der Waals surface area contributed by atoms with E-state index in [9.17, 15) is 18.4 Å². The minimum absolute atomic E-state index is 0.155. The van der Waals surface area contributed by atoms with E-state index in [0.29, 0.717) is 0 Å². The van der Waals surface area contributed by atoms with Crippen LogP contribution in [0, 0.1) is 11.6 Å². The molecule has 0 aromatic heterocycles. The molecule has 0 saturated heterocycles. The normalized spacial score (nSPS) is 11.7. The Bertz CT molecular complexity index is 750. The van der Waals surface area contributed by atoms with Gasteiger partial charge in [-0.05, 0) is 29.8 Å². The summed E-state index contributed by atoms with van der Waals surface area (Å²) in [5.41, 5.74) is 0.299. The predicted octanol–water partition coefficient (Wildman–Crippen LogP) is 3.24. The minimum Gasteiger partial charge on any atom is -0.467 e. The molecule has 0 radical (unpaired) electrons. The van der Waals surface area contributed by atoms with Crippen LogP contribution >= 0.6 is 15.9 Å². The molecule has 7 heteroatoms. The molecular weight excluding hydrogens is 384 g/mol. The van der Waals surface area contributed by atoms with E-state index in [0.717, 1.165) is 22.2 Å². The van der Waals surface area contributed by atoms with Crippen molar-refractivity contribution in [3.05, 3.63) is 69.7 Å². The lowest BCUT2D eigenvalue weighted by atomic mass is 10.1. The molecule has 1 atom stereocenters. The lowest BCUT2D eigenvalue weighted by molar-refractivity contribution is -0.142. The third-order valence-corrected chi connectivity index (χ3v) is 3.87. The first kappa shape index (κ1) is 18.1. The van der Waals surface area contributed by atoms with Crippen LogP contribution in [-0.4, -0.2) is 25.0 Å². The molecule has 0 unspecified atom stereocenters. The second kappa shape index (κ2) is 8.01. The van der Waals surface area contributed by atoms with Gasteiger partial charge in [0.1, 0.15) is 6.04 Å². The number of hydrogen-bond acceptors (Lipinski definition) is 3. The summed E-state index contributed by atoms with van der Waals surface area (Å²) in [5.74, 6) is -3.96. The van der Waals surface area contributed by atoms with Gasteiger partial charge in [-0.1, -0.05) is 34.1 Å². The maximum Gasteiger partial charge on any atom is 0.328 e. The maximum absolute atomic E-state index is 13.7. The van der Waals surface area contributed by atoms with Crippen molar-refractivity contribution in [3.63, 3.8) is 0 Å². The van der Waals surface area contributed by atoms with Crippen LogP contribution < -0.4 is 5.32 Å². The first-order valence-electron chi connectivity index (χ1n) is 6.99. The fourth-order valence-electron chi connectivity index (χ4n) is 2.11. The summed E-state index contributed by atoms with van der Waals surface area (Å²) in [6, 6.07) is 9.37. The van der Waals surface area contributed by atoms with E-state index in [-0.39, 0.29) is 6.42 Å². The zero-order valence-corrected chi connectivity index (χ0v) is 14.3. The highest BCUT2D eigenvalue weighted by molar-refractivity contribution is 9.10. The quantitative estimate of drug-likeness (QED) is 0.787. The molecule has 0 bridgehead atoms. The Balaban J connectivity index is 2.19. The Labute approximate surface area is 145 Å². The standard InChI is InChI=1S/C17H14BrF2NO3/c1-24-17(23)14(9-10-5-7-11(18)8-6-10)21-16(22)12-3-2-4-13(19)15(12)20/h2-8,14H,9H2,1H3,(H,21,22)/t14-/m1/s1. The van der Waals surface area contributed by atoms with E-state index in [2.05, 4.69) is 26.0 Å². The second-order valence-electron chi connectivity index (χ2n) is 4.98. The number of carbonyl (C=O) groups is 2. The molecule has 0 saturated carbocycles. The van der Waals surface area contributed by atoms with Crippen molar-refractivity contribution in [2.75, 3.05) is 7.11 Å². The molecule has 0 spiro atoms. The van der Waals surface area contributed by atoms with Gasteiger partial charge in [-0.2, -0.15) is 0 Å². The SMILES string of the molecule is COC(=O)[C@@H](Cc1ccc(Br)cc1)NC(=O)c1cccc(F)c1F. The molecule has 0 fully saturated rings. The summed E-state index contributed by atoms with van der Waals surface area (Å²) in [6.45, 7) is 0. The van der Waals surface area contributed by atoms with Crippen LogP contribution in [0.4, 0.5) is 8.78 Å². The summed E-state index contributed by atoms with van der Waals surface area (Å²) in [6.07, 6.45) is 0.155. The molecule has 0 aliphatic rings. The van der Waals surface area contributed by atoms with E-state index < -0.39 is 35.1 Å². The highest BCUT2D eigenvalue weighted by atomic mass is 79.9. The molecule has 2 rings (SSSR count). The van der Waals surface area contributed by atoms with Crippen LogP contribution in [0.5, 0.6) is 0 Å². The molecule has 0 heterocycles. The average Bonchev–Trinajstić information content (AvgIpc) is 2.57. The molecule has 4 nitrogen and oxygen atoms in total. The van der Waals surface area contributed by atoms with Gasteiger partial charge in [-0.25, -0.2) is 13.6 Å². The predicted molar refractivity (Wildman–Crippen MR) is 87.5 cm³/mol. The number of hydrogen-bond donors (Lipinski definition) is 1. The topological polar surface area (TPSA) is 55.4 Å². The average molecular weight is 398 g/mol. The molecular formula is C17H14BrF2NO3. The van der Waals surface area contributed by atoms with Crippen LogP contribution in [0.25, 0.3) is 0 Å². The van der Waals surface area contributed by atoms with Gasteiger partial charge in [0.15, 0.2) is 11.6 Å². The monoisotopic (exact) mass is 397 g/mol. The van der Waals surface area contributed by atoms with E-state index in [1.807, 2.05) is 0 Å². The van der Waals surface area contributed by atoms with Crippen LogP contribution in [0.2, 0.25) is 0 Å². The molecule has 24 heavy (non-hydrogen) atoms. The highest BCUT2D eigenvalue weighted by Crippen LogP contribution is 2.14.